The third kappa shape index (κ3) is 1.06. The first kappa shape index (κ1) is 11.3. The van der Waals surface area contributed by atoms with Gasteiger partial charge in [-0.3, -0.25) is 0 Å². The minimum atomic E-state index is 1.31. The predicted molar refractivity (Wildman–Crippen MR) is 101 cm³/mol. The van der Waals surface area contributed by atoms with Crippen LogP contribution in [0.3, 0.4) is 0 Å². The topological polar surface area (TPSA) is 8.82 Å². The Morgan fingerprint density at radius 1 is 0.375 bits per heavy atom. The first-order chi connectivity index (χ1) is 11.9. The van der Waals surface area contributed by atoms with E-state index in [2.05, 4.69) is 82.1 Å². The summed E-state index contributed by atoms with van der Waals surface area (Å²) in [6.45, 7) is 0. The minimum absolute atomic E-state index is 1.31. The van der Waals surface area contributed by atoms with E-state index in [9.17, 15) is 0 Å². The van der Waals surface area contributed by atoms with Gasteiger partial charge in [-0.2, -0.15) is 0 Å². The van der Waals surface area contributed by atoms with Crippen LogP contribution < -0.4 is 0 Å². The van der Waals surface area contributed by atoms with Gasteiger partial charge >= 0.3 is 0 Å². The Labute approximate surface area is 136 Å². The van der Waals surface area contributed by atoms with Gasteiger partial charge in [-0.05, 0) is 33.7 Å². The van der Waals surface area contributed by atoms with Crippen LogP contribution in [-0.4, -0.2) is 8.80 Å². The molecule has 24 heavy (non-hydrogen) atoms. The van der Waals surface area contributed by atoms with Crippen LogP contribution in [0, 0.1) is 0 Å². The molecule has 2 heteroatoms. The number of benzene rings is 4. The molecule has 0 aliphatic rings. The van der Waals surface area contributed by atoms with Crippen LogP contribution in [0.15, 0.2) is 73.3 Å². The van der Waals surface area contributed by atoms with Crippen molar-refractivity contribution in [2.45, 2.75) is 0 Å². The third-order valence-electron chi connectivity index (χ3n) is 5.66. The molecular formula is C22H12N2. The maximum atomic E-state index is 2.27. The molecule has 0 N–H and O–H groups in total. The van der Waals surface area contributed by atoms with Crippen molar-refractivity contribution in [1.82, 2.24) is 8.80 Å². The lowest BCUT2D eigenvalue weighted by Crippen LogP contribution is -2.01. The van der Waals surface area contributed by atoms with E-state index in [0.717, 1.165) is 0 Å². The maximum absolute atomic E-state index is 2.27. The molecule has 7 aromatic rings. The number of hydrogen-bond donors (Lipinski definition) is 0. The highest BCUT2D eigenvalue weighted by molar-refractivity contribution is 6.38. The van der Waals surface area contributed by atoms with E-state index in [1.807, 2.05) is 0 Å². The zero-order chi connectivity index (χ0) is 15.4. The number of rotatable bonds is 0. The van der Waals surface area contributed by atoms with E-state index in [1.54, 1.807) is 0 Å². The zero-order valence-electron chi connectivity index (χ0n) is 12.8. The summed E-state index contributed by atoms with van der Waals surface area (Å²) in [5.74, 6) is 0. The fourth-order valence-corrected chi connectivity index (χ4v) is 4.66. The van der Waals surface area contributed by atoms with Gasteiger partial charge in [0.15, 0.2) is 0 Å². The average Bonchev–Trinajstić information content (AvgIpc) is 2.65. The van der Waals surface area contributed by atoms with Crippen LogP contribution in [0.1, 0.15) is 0 Å². The van der Waals surface area contributed by atoms with Gasteiger partial charge in [-0.25, -0.2) is 0 Å². The van der Waals surface area contributed by atoms with Crippen molar-refractivity contribution in [3.8, 4) is 0 Å². The Bertz CT molecular complexity index is 1150. The Morgan fingerprint density at radius 2 is 0.750 bits per heavy atom. The van der Waals surface area contributed by atoms with E-state index in [-0.39, 0.29) is 0 Å². The lowest BCUT2D eigenvalue weighted by Gasteiger charge is -2.21. The van der Waals surface area contributed by atoms with Crippen LogP contribution in [0.25, 0.3) is 54.1 Å². The van der Waals surface area contributed by atoms with Gasteiger partial charge in [-0.15, -0.1) is 0 Å². The van der Waals surface area contributed by atoms with Crippen molar-refractivity contribution in [3.05, 3.63) is 73.3 Å². The van der Waals surface area contributed by atoms with Crippen molar-refractivity contribution in [1.29, 1.82) is 0 Å². The van der Waals surface area contributed by atoms with Crippen molar-refractivity contribution >= 4 is 54.1 Å². The Kier molecular flexibility index (Phi) is 1.63. The first-order valence-electron chi connectivity index (χ1n) is 8.29. The van der Waals surface area contributed by atoms with Crippen molar-refractivity contribution in [2.24, 2.45) is 0 Å². The highest BCUT2D eigenvalue weighted by Crippen LogP contribution is 2.44. The second kappa shape index (κ2) is 3.46. The summed E-state index contributed by atoms with van der Waals surface area (Å²) in [5, 5.41) is 10.8. The molecule has 2 nitrogen and oxygen atoms in total. The van der Waals surface area contributed by atoms with E-state index in [0.29, 0.717) is 0 Å². The predicted octanol–water partition coefficient (Wildman–Crippen LogP) is 5.68. The Hall–Kier alpha value is -3.26. The van der Waals surface area contributed by atoms with Crippen molar-refractivity contribution < 1.29 is 0 Å². The largest absolute Gasteiger partial charge is 0.320 e. The zero-order valence-corrected chi connectivity index (χ0v) is 12.8. The van der Waals surface area contributed by atoms with Crippen molar-refractivity contribution in [3.63, 3.8) is 0 Å². The summed E-state index contributed by atoms with van der Waals surface area (Å²) >= 11 is 0. The van der Waals surface area contributed by atoms with Gasteiger partial charge in [0.2, 0.25) is 0 Å². The molecule has 3 heterocycles. The van der Waals surface area contributed by atoms with Crippen LogP contribution in [0.4, 0.5) is 0 Å². The smallest absolute Gasteiger partial charge is 0.0785 e. The molecular weight excluding hydrogens is 292 g/mol. The normalized spacial score (nSPS) is 13.0. The summed E-state index contributed by atoms with van der Waals surface area (Å²) in [4.78, 5) is 0. The van der Waals surface area contributed by atoms with E-state index in [4.69, 9.17) is 0 Å². The molecule has 0 amide bonds. The molecule has 110 valence electrons. The molecule has 0 bridgehead atoms. The molecule has 0 fully saturated rings. The highest BCUT2D eigenvalue weighted by Gasteiger charge is 2.19. The standard InChI is InChI=1S/C22H12N2/c1-2-14-4-6-16-8-10-24-12-11-23-9-7-15-5-3-13(1)17-18(14)20(16)22(24)21(23)19(15)17/h1-12H. The second-order valence-corrected chi connectivity index (χ2v) is 6.76. The van der Waals surface area contributed by atoms with Crippen molar-refractivity contribution in [2.75, 3.05) is 0 Å². The molecule has 0 aliphatic heterocycles. The van der Waals surface area contributed by atoms with Gasteiger partial charge in [0, 0.05) is 46.3 Å². The third-order valence-corrected chi connectivity index (χ3v) is 5.66. The molecule has 0 atom stereocenters. The number of nitrogens with zero attached hydrogens (tertiary/aromatic N) is 2. The highest BCUT2D eigenvalue weighted by atomic mass is 15.0. The molecule has 0 saturated heterocycles. The number of aromatic nitrogens is 2. The fraction of sp³-hybridized carbons (Fsp3) is 0. The fourth-order valence-electron chi connectivity index (χ4n) is 4.66. The van der Waals surface area contributed by atoms with Crippen LogP contribution in [0.5, 0.6) is 0 Å². The number of hydrogen-bond acceptors (Lipinski definition) is 0. The minimum Gasteiger partial charge on any atom is -0.320 e. The Balaban J connectivity index is 2.11. The lowest BCUT2D eigenvalue weighted by atomic mass is 9.89. The first-order valence-corrected chi connectivity index (χ1v) is 8.29. The summed E-state index contributed by atoms with van der Waals surface area (Å²) in [6.07, 6.45) is 8.66. The van der Waals surface area contributed by atoms with E-state index >= 15 is 0 Å². The summed E-state index contributed by atoms with van der Waals surface area (Å²) in [5.41, 5.74) is 2.63. The molecule has 0 spiro atoms. The van der Waals surface area contributed by atoms with Crippen LogP contribution in [-0.2, 0) is 0 Å². The lowest BCUT2D eigenvalue weighted by molar-refractivity contribution is 1.09. The van der Waals surface area contributed by atoms with Crippen LogP contribution >= 0.6 is 0 Å². The Morgan fingerprint density at radius 3 is 1.17 bits per heavy atom. The molecule has 0 radical (unpaired) electrons. The van der Waals surface area contributed by atoms with Gasteiger partial charge in [-0.1, -0.05) is 36.4 Å². The van der Waals surface area contributed by atoms with E-state index < -0.39 is 0 Å². The quantitative estimate of drug-likeness (QED) is 0.252. The van der Waals surface area contributed by atoms with Gasteiger partial charge < -0.3 is 8.80 Å². The molecule has 7 rings (SSSR count). The molecule has 4 aromatic carbocycles. The molecule has 0 saturated carbocycles. The molecule has 0 aliphatic carbocycles. The summed E-state index contributed by atoms with van der Waals surface area (Å²) in [7, 11) is 0. The van der Waals surface area contributed by atoms with Gasteiger partial charge in [0.25, 0.3) is 0 Å². The van der Waals surface area contributed by atoms with Gasteiger partial charge in [0.1, 0.15) is 0 Å². The summed E-state index contributed by atoms with van der Waals surface area (Å²) in [6, 6.07) is 18.0. The second-order valence-electron chi connectivity index (χ2n) is 6.76. The molecule has 3 aromatic heterocycles. The van der Waals surface area contributed by atoms with Gasteiger partial charge in [0.05, 0.1) is 11.0 Å². The molecule has 0 unspecified atom stereocenters. The van der Waals surface area contributed by atoms with Crippen LogP contribution in [0.2, 0.25) is 0 Å². The SMILES string of the molecule is c1cc2ccc3ccn4ccn5ccc6ccc1c1c2c3c4c5c61. The number of pyridine rings is 2. The monoisotopic (exact) mass is 304 g/mol. The average molecular weight is 304 g/mol. The summed E-state index contributed by atoms with van der Waals surface area (Å²) < 4.78 is 4.54. The van der Waals surface area contributed by atoms with E-state index in [1.165, 1.54) is 54.1 Å². The maximum Gasteiger partial charge on any atom is 0.0785 e.